The number of hydrogen-bond donors (Lipinski definition) is 4. The SMILES string of the molecule is CSc1n[nH]c(NCC=Cc2ccc(C(=O)Nc3ccccc3N)cc2)n1. The zero-order valence-electron chi connectivity index (χ0n) is 14.8. The molecule has 0 aliphatic carbocycles. The van der Waals surface area contributed by atoms with Crippen molar-refractivity contribution >= 4 is 41.1 Å². The highest BCUT2D eigenvalue weighted by Gasteiger charge is 2.07. The first-order valence-corrected chi connectivity index (χ1v) is 9.51. The predicted molar refractivity (Wildman–Crippen MR) is 111 cm³/mol. The minimum atomic E-state index is -0.194. The molecule has 0 radical (unpaired) electrons. The van der Waals surface area contributed by atoms with Crippen LogP contribution in [-0.4, -0.2) is 33.9 Å². The van der Waals surface area contributed by atoms with Gasteiger partial charge in [-0.25, -0.2) is 5.10 Å². The minimum Gasteiger partial charge on any atom is -0.397 e. The number of nitrogens with one attached hydrogen (secondary N) is 3. The van der Waals surface area contributed by atoms with Crippen molar-refractivity contribution in [3.63, 3.8) is 0 Å². The molecule has 5 N–H and O–H groups in total. The standard InChI is InChI=1S/C19H20N6OS/c1-27-19-23-18(24-25-19)21-12-4-5-13-8-10-14(11-9-13)17(26)22-16-7-3-2-6-15(16)20/h2-11H,12,20H2,1H3,(H,22,26)(H2,21,23,24,25). The molecule has 0 atom stereocenters. The molecule has 1 aromatic heterocycles. The fourth-order valence-corrected chi connectivity index (χ4v) is 2.64. The highest BCUT2D eigenvalue weighted by atomic mass is 32.2. The average Bonchev–Trinajstić information content (AvgIpc) is 3.15. The van der Waals surface area contributed by atoms with E-state index in [0.717, 1.165) is 5.56 Å². The van der Waals surface area contributed by atoms with E-state index >= 15 is 0 Å². The van der Waals surface area contributed by atoms with Gasteiger partial charge in [-0.15, -0.1) is 5.10 Å². The molecule has 0 unspecified atom stereocenters. The van der Waals surface area contributed by atoms with E-state index in [1.54, 1.807) is 24.3 Å². The molecule has 0 fully saturated rings. The first-order valence-electron chi connectivity index (χ1n) is 8.28. The van der Waals surface area contributed by atoms with E-state index in [2.05, 4.69) is 25.8 Å². The molecule has 1 amide bonds. The maximum absolute atomic E-state index is 12.3. The summed E-state index contributed by atoms with van der Waals surface area (Å²) >= 11 is 1.48. The van der Waals surface area contributed by atoms with Crippen LogP contribution in [0, 0.1) is 0 Å². The Morgan fingerprint density at radius 3 is 2.70 bits per heavy atom. The third-order valence-corrected chi connectivity index (χ3v) is 4.27. The van der Waals surface area contributed by atoms with E-state index in [0.29, 0.717) is 34.6 Å². The number of nitrogens with zero attached hydrogens (tertiary/aromatic N) is 2. The van der Waals surface area contributed by atoms with Crippen LogP contribution in [0.4, 0.5) is 17.3 Å². The number of H-pyrrole nitrogens is 1. The van der Waals surface area contributed by atoms with Gasteiger partial charge in [-0.3, -0.25) is 4.79 Å². The van der Waals surface area contributed by atoms with E-state index in [-0.39, 0.29) is 5.91 Å². The second-order valence-electron chi connectivity index (χ2n) is 5.62. The Kier molecular flexibility index (Phi) is 6.11. The van der Waals surface area contributed by atoms with Crippen molar-refractivity contribution in [2.75, 3.05) is 29.2 Å². The van der Waals surface area contributed by atoms with Crippen LogP contribution in [0.1, 0.15) is 15.9 Å². The van der Waals surface area contributed by atoms with Crippen LogP contribution in [0.2, 0.25) is 0 Å². The van der Waals surface area contributed by atoms with Crippen molar-refractivity contribution in [1.82, 2.24) is 15.2 Å². The van der Waals surface area contributed by atoms with Crippen molar-refractivity contribution in [1.29, 1.82) is 0 Å². The summed E-state index contributed by atoms with van der Waals surface area (Å²) in [7, 11) is 0. The second-order valence-corrected chi connectivity index (χ2v) is 6.39. The molecule has 3 aromatic rings. The van der Waals surface area contributed by atoms with Crippen LogP contribution in [0.3, 0.4) is 0 Å². The number of nitrogen functional groups attached to an aromatic ring is 1. The molecule has 2 aromatic carbocycles. The fraction of sp³-hybridized carbons (Fsp3) is 0.105. The van der Waals surface area contributed by atoms with Gasteiger partial charge >= 0.3 is 0 Å². The first kappa shape index (κ1) is 18.5. The summed E-state index contributed by atoms with van der Waals surface area (Å²) in [6.45, 7) is 0.610. The van der Waals surface area contributed by atoms with Crippen LogP contribution in [0.25, 0.3) is 6.08 Å². The molecule has 0 saturated heterocycles. The van der Waals surface area contributed by atoms with E-state index < -0.39 is 0 Å². The molecule has 27 heavy (non-hydrogen) atoms. The summed E-state index contributed by atoms with van der Waals surface area (Å²) in [4.78, 5) is 16.6. The quantitative estimate of drug-likeness (QED) is 0.369. The predicted octanol–water partition coefficient (Wildman–Crippen LogP) is 3.49. The lowest BCUT2D eigenvalue weighted by molar-refractivity contribution is 0.102. The number of rotatable bonds is 7. The molecule has 1 heterocycles. The Labute approximate surface area is 161 Å². The first-order chi connectivity index (χ1) is 13.2. The van der Waals surface area contributed by atoms with Gasteiger partial charge in [0.25, 0.3) is 5.91 Å². The number of hydrogen-bond acceptors (Lipinski definition) is 6. The van der Waals surface area contributed by atoms with Gasteiger partial charge in [0.2, 0.25) is 11.1 Å². The number of amides is 1. The van der Waals surface area contributed by atoms with Crippen LogP contribution >= 0.6 is 11.8 Å². The number of anilines is 3. The molecule has 0 spiro atoms. The smallest absolute Gasteiger partial charge is 0.255 e. The molecule has 138 valence electrons. The van der Waals surface area contributed by atoms with Crippen molar-refractivity contribution in [2.45, 2.75) is 5.16 Å². The Bertz CT molecular complexity index is 935. The lowest BCUT2D eigenvalue weighted by atomic mass is 10.1. The number of thioether (sulfide) groups is 1. The number of nitrogens with two attached hydrogens (primary N) is 1. The molecular weight excluding hydrogens is 360 g/mol. The maximum Gasteiger partial charge on any atom is 0.255 e. The average molecular weight is 380 g/mol. The highest BCUT2D eigenvalue weighted by Crippen LogP contribution is 2.18. The summed E-state index contributed by atoms with van der Waals surface area (Å²) in [6.07, 6.45) is 5.86. The van der Waals surface area contributed by atoms with Gasteiger partial charge in [-0.05, 0) is 36.1 Å². The summed E-state index contributed by atoms with van der Waals surface area (Å²) < 4.78 is 0. The van der Waals surface area contributed by atoms with Crippen molar-refractivity contribution in [3.05, 3.63) is 65.7 Å². The van der Waals surface area contributed by atoms with Crippen molar-refractivity contribution < 1.29 is 4.79 Å². The lowest BCUT2D eigenvalue weighted by Gasteiger charge is -2.08. The molecule has 0 aliphatic heterocycles. The zero-order chi connectivity index (χ0) is 19.1. The second kappa shape index (κ2) is 8.91. The largest absolute Gasteiger partial charge is 0.397 e. The Morgan fingerprint density at radius 1 is 1.22 bits per heavy atom. The van der Waals surface area contributed by atoms with Crippen LogP contribution in [0.5, 0.6) is 0 Å². The molecule has 0 bridgehead atoms. The molecule has 3 rings (SSSR count). The van der Waals surface area contributed by atoms with Gasteiger partial charge in [-0.2, -0.15) is 4.98 Å². The molecule has 0 saturated carbocycles. The van der Waals surface area contributed by atoms with Crippen molar-refractivity contribution in [3.8, 4) is 0 Å². The van der Waals surface area contributed by atoms with Crippen molar-refractivity contribution in [2.24, 2.45) is 0 Å². The Hall–Kier alpha value is -3.26. The minimum absolute atomic E-state index is 0.194. The third-order valence-electron chi connectivity index (χ3n) is 3.73. The summed E-state index contributed by atoms with van der Waals surface area (Å²) in [5.74, 6) is 0.441. The lowest BCUT2D eigenvalue weighted by Crippen LogP contribution is -2.12. The number of aromatic amines is 1. The Balaban J connectivity index is 1.53. The maximum atomic E-state index is 12.3. The number of carbonyl (C=O) groups is 1. The number of benzene rings is 2. The Morgan fingerprint density at radius 2 is 2.00 bits per heavy atom. The van der Waals surface area contributed by atoms with Gasteiger partial charge < -0.3 is 16.4 Å². The van der Waals surface area contributed by atoms with Gasteiger partial charge in [0.15, 0.2) is 0 Å². The fourth-order valence-electron chi connectivity index (χ4n) is 2.32. The van der Waals surface area contributed by atoms with Gasteiger partial charge in [0, 0.05) is 12.1 Å². The third kappa shape index (κ3) is 5.11. The highest BCUT2D eigenvalue weighted by molar-refractivity contribution is 7.98. The summed E-state index contributed by atoms with van der Waals surface area (Å²) in [5, 5.41) is 13.5. The summed E-state index contributed by atoms with van der Waals surface area (Å²) in [5.41, 5.74) is 8.56. The van der Waals surface area contributed by atoms with E-state index in [1.807, 2.05) is 42.7 Å². The molecule has 0 aliphatic rings. The molecule has 8 heteroatoms. The van der Waals surface area contributed by atoms with Gasteiger partial charge in [-0.1, -0.05) is 48.2 Å². The summed E-state index contributed by atoms with van der Waals surface area (Å²) in [6, 6.07) is 14.5. The normalized spacial score (nSPS) is 10.9. The van der Waals surface area contributed by atoms with E-state index in [1.165, 1.54) is 11.8 Å². The molecular formula is C19H20N6OS. The van der Waals surface area contributed by atoms with E-state index in [4.69, 9.17) is 5.73 Å². The van der Waals surface area contributed by atoms with Crippen LogP contribution < -0.4 is 16.4 Å². The number of aromatic nitrogens is 3. The zero-order valence-corrected chi connectivity index (χ0v) is 15.6. The van der Waals surface area contributed by atoms with Crippen LogP contribution in [-0.2, 0) is 0 Å². The number of carbonyl (C=O) groups excluding carboxylic acids is 1. The van der Waals surface area contributed by atoms with Crippen LogP contribution in [0.15, 0.2) is 59.8 Å². The monoisotopic (exact) mass is 380 g/mol. The number of para-hydroxylation sites is 2. The topological polar surface area (TPSA) is 109 Å². The molecule has 7 nitrogen and oxygen atoms in total. The van der Waals surface area contributed by atoms with Gasteiger partial charge in [0.05, 0.1) is 11.4 Å². The van der Waals surface area contributed by atoms with E-state index in [9.17, 15) is 4.79 Å². The van der Waals surface area contributed by atoms with Gasteiger partial charge in [0.1, 0.15) is 0 Å².